The Hall–Kier alpha value is -0.430. The van der Waals surface area contributed by atoms with Crippen LogP contribution in [0.25, 0.3) is 0 Å². The predicted molar refractivity (Wildman–Crippen MR) is 85.6 cm³/mol. The Kier molecular flexibility index (Phi) is 6.64. The minimum Gasteiger partial charge on any atom is -0.310 e. The van der Waals surface area contributed by atoms with Crippen molar-refractivity contribution in [3.63, 3.8) is 0 Å². The summed E-state index contributed by atoms with van der Waals surface area (Å²) < 4.78 is 26.7. The van der Waals surface area contributed by atoms with Crippen molar-refractivity contribution < 1.29 is 8.42 Å². The van der Waals surface area contributed by atoms with Gasteiger partial charge in [-0.3, -0.25) is 0 Å². The van der Waals surface area contributed by atoms with E-state index in [4.69, 9.17) is 0 Å². The molecule has 1 rings (SSSR count). The SMILES string of the molecule is CC(C)CCN(C)S(=O)(=O)c1cc(CNC(C)C)cs1. The zero-order chi connectivity index (χ0) is 15.3. The Labute approximate surface area is 127 Å². The van der Waals surface area contributed by atoms with Crippen LogP contribution in [0, 0.1) is 5.92 Å². The normalized spacial score (nSPS) is 12.8. The second kappa shape index (κ2) is 7.54. The van der Waals surface area contributed by atoms with Crippen LogP contribution >= 0.6 is 11.3 Å². The van der Waals surface area contributed by atoms with E-state index in [0.29, 0.717) is 29.3 Å². The minimum atomic E-state index is -3.33. The second-order valence-corrected chi connectivity index (χ2v) is 9.00. The monoisotopic (exact) mass is 318 g/mol. The molecule has 0 atom stereocenters. The molecular formula is C14H26N2O2S2. The van der Waals surface area contributed by atoms with Crippen molar-refractivity contribution in [3.8, 4) is 0 Å². The Balaban J connectivity index is 2.72. The van der Waals surface area contributed by atoms with E-state index in [-0.39, 0.29) is 0 Å². The van der Waals surface area contributed by atoms with Crippen LogP contribution in [0.1, 0.15) is 39.7 Å². The van der Waals surface area contributed by atoms with Gasteiger partial charge in [0.15, 0.2) is 0 Å². The average Bonchev–Trinajstić information content (AvgIpc) is 2.82. The fourth-order valence-electron chi connectivity index (χ4n) is 1.62. The van der Waals surface area contributed by atoms with Gasteiger partial charge in [0.25, 0.3) is 10.0 Å². The van der Waals surface area contributed by atoms with E-state index in [0.717, 1.165) is 12.0 Å². The zero-order valence-electron chi connectivity index (χ0n) is 13.0. The Morgan fingerprint density at radius 3 is 2.50 bits per heavy atom. The van der Waals surface area contributed by atoms with Crippen molar-refractivity contribution in [1.29, 1.82) is 0 Å². The quantitative estimate of drug-likeness (QED) is 0.802. The van der Waals surface area contributed by atoms with Crippen molar-refractivity contribution in [3.05, 3.63) is 17.0 Å². The molecule has 0 aromatic carbocycles. The fraction of sp³-hybridized carbons (Fsp3) is 0.714. The summed E-state index contributed by atoms with van der Waals surface area (Å²) in [6.45, 7) is 9.62. The number of hydrogen-bond donors (Lipinski definition) is 1. The highest BCUT2D eigenvalue weighted by Gasteiger charge is 2.22. The largest absolute Gasteiger partial charge is 0.310 e. The van der Waals surface area contributed by atoms with Gasteiger partial charge < -0.3 is 5.32 Å². The first-order chi connectivity index (χ1) is 9.23. The smallest absolute Gasteiger partial charge is 0.252 e. The van der Waals surface area contributed by atoms with Gasteiger partial charge in [-0.1, -0.05) is 27.7 Å². The summed E-state index contributed by atoms with van der Waals surface area (Å²) in [5, 5.41) is 5.21. The highest BCUT2D eigenvalue weighted by Crippen LogP contribution is 2.23. The molecule has 4 nitrogen and oxygen atoms in total. The van der Waals surface area contributed by atoms with Crippen LogP contribution in [-0.2, 0) is 16.6 Å². The topological polar surface area (TPSA) is 49.4 Å². The van der Waals surface area contributed by atoms with Gasteiger partial charge in [-0.05, 0) is 29.3 Å². The lowest BCUT2D eigenvalue weighted by Crippen LogP contribution is -2.28. The highest BCUT2D eigenvalue weighted by atomic mass is 32.2. The first-order valence-electron chi connectivity index (χ1n) is 7.00. The van der Waals surface area contributed by atoms with Gasteiger partial charge in [-0.2, -0.15) is 0 Å². The lowest BCUT2D eigenvalue weighted by molar-refractivity contribution is 0.429. The summed E-state index contributed by atoms with van der Waals surface area (Å²) in [6.07, 6.45) is 0.878. The highest BCUT2D eigenvalue weighted by molar-refractivity contribution is 7.91. The molecule has 0 fully saturated rings. The van der Waals surface area contributed by atoms with Crippen LogP contribution in [0.5, 0.6) is 0 Å². The summed E-state index contributed by atoms with van der Waals surface area (Å²) in [5.74, 6) is 0.502. The number of sulfonamides is 1. The van der Waals surface area contributed by atoms with E-state index in [9.17, 15) is 8.42 Å². The maximum absolute atomic E-state index is 12.4. The molecule has 0 bridgehead atoms. The first kappa shape index (κ1) is 17.6. The molecule has 0 aliphatic rings. The first-order valence-corrected chi connectivity index (χ1v) is 9.32. The summed E-state index contributed by atoms with van der Waals surface area (Å²) >= 11 is 1.30. The van der Waals surface area contributed by atoms with Crippen LogP contribution in [0.15, 0.2) is 15.7 Å². The molecule has 0 radical (unpaired) electrons. The van der Waals surface area contributed by atoms with Crippen molar-refractivity contribution >= 4 is 21.4 Å². The number of nitrogens with zero attached hydrogens (tertiary/aromatic N) is 1. The molecule has 0 spiro atoms. The van der Waals surface area contributed by atoms with E-state index in [1.54, 1.807) is 13.1 Å². The fourth-order valence-corrected chi connectivity index (χ4v) is 4.22. The molecule has 0 saturated carbocycles. The van der Waals surface area contributed by atoms with Crippen LogP contribution in [-0.4, -0.2) is 32.4 Å². The van der Waals surface area contributed by atoms with Crippen molar-refractivity contribution in [2.75, 3.05) is 13.6 Å². The number of hydrogen-bond acceptors (Lipinski definition) is 4. The maximum Gasteiger partial charge on any atom is 0.252 e. The molecule has 0 aliphatic carbocycles. The Bertz CT molecular complexity index is 507. The summed E-state index contributed by atoms with van der Waals surface area (Å²) in [5.41, 5.74) is 1.03. The van der Waals surface area contributed by atoms with Gasteiger partial charge in [0.05, 0.1) is 0 Å². The molecule has 0 saturated heterocycles. The average molecular weight is 319 g/mol. The van der Waals surface area contributed by atoms with E-state index in [1.807, 2.05) is 5.38 Å². The molecule has 1 heterocycles. The molecule has 116 valence electrons. The van der Waals surface area contributed by atoms with Crippen LogP contribution in [0.2, 0.25) is 0 Å². The van der Waals surface area contributed by atoms with Gasteiger partial charge >= 0.3 is 0 Å². The molecule has 0 unspecified atom stereocenters. The van der Waals surface area contributed by atoms with Crippen LogP contribution in [0.4, 0.5) is 0 Å². The van der Waals surface area contributed by atoms with Gasteiger partial charge in [-0.25, -0.2) is 12.7 Å². The Morgan fingerprint density at radius 1 is 1.30 bits per heavy atom. The Morgan fingerprint density at radius 2 is 1.95 bits per heavy atom. The molecule has 0 amide bonds. The third-order valence-corrected chi connectivity index (χ3v) is 6.35. The van der Waals surface area contributed by atoms with Crippen LogP contribution in [0.3, 0.4) is 0 Å². The lowest BCUT2D eigenvalue weighted by atomic mass is 10.1. The molecule has 1 N–H and O–H groups in total. The van der Waals surface area contributed by atoms with Gasteiger partial charge in [-0.15, -0.1) is 11.3 Å². The van der Waals surface area contributed by atoms with Crippen LogP contribution < -0.4 is 5.32 Å². The van der Waals surface area contributed by atoms with E-state index >= 15 is 0 Å². The predicted octanol–water partition coefficient (Wildman–Crippen LogP) is 2.91. The zero-order valence-corrected chi connectivity index (χ0v) is 14.6. The third-order valence-electron chi connectivity index (χ3n) is 3.03. The second-order valence-electron chi connectivity index (χ2n) is 5.82. The molecule has 1 aromatic heterocycles. The van der Waals surface area contributed by atoms with Gasteiger partial charge in [0.1, 0.15) is 4.21 Å². The summed E-state index contributed by atoms with van der Waals surface area (Å²) in [4.78, 5) is 0. The van der Waals surface area contributed by atoms with Crippen molar-refractivity contribution in [1.82, 2.24) is 9.62 Å². The number of nitrogens with one attached hydrogen (secondary N) is 1. The van der Waals surface area contributed by atoms with E-state index < -0.39 is 10.0 Å². The minimum absolute atomic E-state index is 0.392. The molecular weight excluding hydrogens is 292 g/mol. The standard InChI is InChI=1S/C14H26N2O2S2/c1-11(2)6-7-16(5)20(17,18)14-8-13(10-19-14)9-15-12(3)4/h8,10-12,15H,6-7,9H2,1-5H3. The van der Waals surface area contributed by atoms with Gasteiger partial charge in [0, 0.05) is 26.2 Å². The maximum atomic E-state index is 12.4. The summed E-state index contributed by atoms with van der Waals surface area (Å²) in [6, 6.07) is 2.17. The van der Waals surface area contributed by atoms with Gasteiger partial charge in [0.2, 0.25) is 0 Å². The lowest BCUT2D eigenvalue weighted by Gasteiger charge is -2.17. The van der Waals surface area contributed by atoms with E-state index in [2.05, 4.69) is 33.0 Å². The van der Waals surface area contributed by atoms with Crippen molar-refractivity contribution in [2.24, 2.45) is 5.92 Å². The molecule has 0 aliphatic heterocycles. The third kappa shape index (κ3) is 5.16. The number of thiophene rings is 1. The molecule has 1 aromatic rings. The number of rotatable bonds is 8. The summed E-state index contributed by atoms with van der Waals surface area (Å²) in [7, 11) is -1.67. The van der Waals surface area contributed by atoms with E-state index in [1.165, 1.54) is 15.6 Å². The molecule has 6 heteroatoms. The van der Waals surface area contributed by atoms with Crippen molar-refractivity contribution in [2.45, 2.75) is 50.9 Å². The molecule has 20 heavy (non-hydrogen) atoms.